The van der Waals surface area contributed by atoms with E-state index < -0.39 is 0 Å². The van der Waals surface area contributed by atoms with E-state index in [1.165, 1.54) is 0 Å². The van der Waals surface area contributed by atoms with Gasteiger partial charge in [-0.2, -0.15) is 0 Å². The van der Waals surface area contributed by atoms with Gasteiger partial charge in [0.2, 0.25) is 11.8 Å². The van der Waals surface area contributed by atoms with Crippen molar-refractivity contribution in [2.75, 3.05) is 16.8 Å². The second-order valence-corrected chi connectivity index (χ2v) is 8.77. The van der Waals surface area contributed by atoms with Gasteiger partial charge in [0.05, 0.1) is 5.92 Å². The van der Waals surface area contributed by atoms with Crippen LogP contribution in [0.5, 0.6) is 11.5 Å². The van der Waals surface area contributed by atoms with Gasteiger partial charge >= 0.3 is 0 Å². The van der Waals surface area contributed by atoms with E-state index in [4.69, 9.17) is 4.74 Å². The molecule has 1 aliphatic rings. The average Bonchev–Trinajstić information content (AvgIpc) is 3.21. The van der Waals surface area contributed by atoms with Crippen molar-refractivity contribution in [3.63, 3.8) is 0 Å². The Hall–Kier alpha value is -4.12. The van der Waals surface area contributed by atoms with Crippen LogP contribution < -0.4 is 15.0 Å². The molecule has 1 aliphatic heterocycles. The highest BCUT2D eigenvalue weighted by molar-refractivity contribution is 6.04. The van der Waals surface area contributed by atoms with Gasteiger partial charge < -0.3 is 15.0 Å². The molecule has 1 fully saturated rings. The van der Waals surface area contributed by atoms with E-state index in [2.05, 4.69) is 17.4 Å². The number of carbonyl (C=O) groups is 2. The number of para-hydroxylation sites is 1. The number of aryl methyl sites for hydroxylation is 2. The Labute approximate surface area is 199 Å². The van der Waals surface area contributed by atoms with Crippen LogP contribution in [0.3, 0.4) is 0 Å². The van der Waals surface area contributed by atoms with Gasteiger partial charge in [0.1, 0.15) is 11.5 Å². The smallest absolute Gasteiger partial charge is 0.229 e. The lowest BCUT2D eigenvalue weighted by molar-refractivity contribution is -0.122. The van der Waals surface area contributed by atoms with E-state index in [0.717, 1.165) is 33.3 Å². The van der Waals surface area contributed by atoms with Crippen molar-refractivity contribution in [3.05, 3.63) is 96.1 Å². The topological polar surface area (TPSA) is 58.6 Å². The Morgan fingerprint density at radius 2 is 1.53 bits per heavy atom. The number of ether oxygens (including phenoxy) is 1. The van der Waals surface area contributed by atoms with Crippen molar-refractivity contribution in [2.24, 2.45) is 5.92 Å². The van der Waals surface area contributed by atoms with E-state index in [1.807, 2.05) is 86.6 Å². The first-order chi connectivity index (χ1) is 16.5. The molecule has 1 heterocycles. The van der Waals surface area contributed by atoms with Gasteiger partial charge in [-0.25, -0.2) is 0 Å². The minimum atomic E-state index is -0.389. The molecule has 0 aromatic heterocycles. The first-order valence-corrected chi connectivity index (χ1v) is 11.4. The Kier molecular flexibility index (Phi) is 5.76. The molecule has 5 heteroatoms. The van der Waals surface area contributed by atoms with Crippen LogP contribution in [0.2, 0.25) is 0 Å². The van der Waals surface area contributed by atoms with E-state index in [0.29, 0.717) is 18.0 Å². The minimum Gasteiger partial charge on any atom is -0.457 e. The van der Waals surface area contributed by atoms with E-state index in [1.54, 1.807) is 4.90 Å². The maximum atomic E-state index is 12.9. The predicted octanol–water partition coefficient (Wildman–Crippen LogP) is 6.24. The number of rotatable bonds is 5. The van der Waals surface area contributed by atoms with Gasteiger partial charge in [-0.05, 0) is 72.1 Å². The summed E-state index contributed by atoms with van der Waals surface area (Å²) in [6.07, 6.45) is 0.211. The Morgan fingerprint density at radius 3 is 2.26 bits per heavy atom. The standard InChI is InChI=1S/C29H26N2O3/c1-19-6-5-7-20(2)28(19)31-18-23(17-27(31)32)29(33)30-24-11-14-25(15-12-24)34-26-13-10-21-8-3-4-9-22(21)16-26/h3-16,23H,17-18H2,1-2H3,(H,30,33)/t23-/m0/s1. The van der Waals surface area contributed by atoms with Gasteiger partial charge in [0.15, 0.2) is 0 Å². The quantitative estimate of drug-likeness (QED) is 0.391. The highest BCUT2D eigenvalue weighted by Crippen LogP contribution is 2.32. The second-order valence-electron chi connectivity index (χ2n) is 8.77. The van der Waals surface area contributed by atoms with E-state index in [9.17, 15) is 9.59 Å². The fourth-order valence-corrected chi connectivity index (χ4v) is 4.55. The lowest BCUT2D eigenvalue weighted by Gasteiger charge is -2.21. The average molecular weight is 451 g/mol. The van der Waals surface area contributed by atoms with Crippen molar-refractivity contribution in [2.45, 2.75) is 20.3 Å². The number of carbonyl (C=O) groups excluding carboxylic acids is 2. The molecule has 0 radical (unpaired) electrons. The van der Waals surface area contributed by atoms with Crippen molar-refractivity contribution < 1.29 is 14.3 Å². The van der Waals surface area contributed by atoms with Crippen molar-refractivity contribution >= 4 is 34.0 Å². The molecule has 1 N–H and O–H groups in total. The molecule has 4 aromatic carbocycles. The highest BCUT2D eigenvalue weighted by atomic mass is 16.5. The molecule has 0 bridgehead atoms. The van der Waals surface area contributed by atoms with Gasteiger partial charge in [0, 0.05) is 24.3 Å². The summed E-state index contributed by atoms with van der Waals surface area (Å²) in [6, 6.07) is 27.4. The van der Waals surface area contributed by atoms with E-state index in [-0.39, 0.29) is 24.2 Å². The molecular formula is C29H26N2O3. The minimum absolute atomic E-state index is 0.0170. The van der Waals surface area contributed by atoms with Crippen LogP contribution in [-0.2, 0) is 9.59 Å². The van der Waals surface area contributed by atoms with Crippen LogP contribution in [-0.4, -0.2) is 18.4 Å². The van der Waals surface area contributed by atoms with Gasteiger partial charge in [-0.1, -0.05) is 48.5 Å². The van der Waals surface area contributed by atoms with Crippen LogP contribution in [0.1, 0.15) is 17.5 Å². The third kappa shape index (κ3) is 4.37. The summed E-state index contributed by atoms with van der Waals surface area (Å²) in [5.74, 6) is 0.888. The third-order valence-electron chi connectivity index (χ3n) is 6.28. The van der Waals surface area contributed by atoms with Gasteiger partial charge in [-0.3, -0.25) is 9.59 Å². The molecule has 34 heavy (non-hydrogen) atoms. The van der Waals surface area contributed by atoms with Crippen LogP contribution in [0.4, 0.5) is 11.4 Å². The fraction of sp³-hybridized carbons (Fsp3) is 0.172. The molecular weight excluding hydrogens is 424 g/mol. The molecule has 5 rings (SSSR count). The number of nitrogens with one attached hydrogen (secondary N) is 1. The fourth-order valence-electron chi connectivity index (χ4n) is 4.55. The van der Waals surface area contributed by atoms with Gasteiger partial charge in [0.25, 0.3) is 0 Å². The zero-order chi connectivity index (χ0) is 23.7. The SMILES string of the molecule is Cc1cccc(C)c1N1C[C@@H](C(=O)Nc2ccc(Oc3ccc4ccccc4c3)cc2)CC1=O. The first kappa shape index (κ1) is 21.7. The maximum Gasteiger partial charge on any atom is 0.229 e. The highest BCUT2D eigenvalue weighted by Gasteiger charge is 2.36. The lowest BCUT2D eigenvalue weighted by atomic mass is 10.1. The zero-order valence-electron chi connectivity index (χ0n) is 19.2. The molecule has 170 valence electrons. The van der Waals surface area contributed by atoms with E-state index >= 15 is 0 Å². The van der Waals surface area contributed by atoms with Crippen LogP contribution in [0.25, 0.3) is 10.8 Å². The Balaban J connectivity index is 1.23. The number of amides is 2. The number of nitrogens with zero attached hydrogens (tertiary/aromatic N) is 1. The molecule has 1 atom stereocenters. The summed E-state index contributed by atoms with van der Waals surface area (Å²) in [5, 5.41) is 5.22. The summed E-state index contributed by atoms with van der Waals surface area (Å²) in [5.41, 5.74) is 3.67. The number of hydrogen-bond donors (Lipinski definition) is 1. The number of fused-ring (bicyclic) bond motifs is 1. The largest absolute Gasteiger partial charge is 0.457 e. The summed E-state index contributed by atoms with van der Waals surface area (Å²) in [4.78, 5) is 27.3. The second kappa shape index (κ2) is 9.02. The summed E-state index contributed by atoms with van der Waals surface area (Å²) in [7, 11) is 0. The molecule has 0 aliphatic carbocycles. The zero-order valence-corrected chi connectivity index (χ0v) is 19.2. The first-order valence-electron chi connectivity index (χ1n) is 11.4. The Morgan fingerprint density at radius 1 is 0.853 bits per heavy atom. The maximum absolute atomic E-state index is 12.9. The number of hydrogen-bond acceptors (Lipinski definition) is 3. The van der Waals surface area contributed by atoms with Crippen molar-refractivity contribution in [1.29, 1.82) is 0 Å². The molecule has 1 saturated heterocycles. The normalized spacial score (nSPS) is 15.5. The van der Waals surface area contributed by atoms with Crippen molar-refractivity contribution in [1.82, 2.24) is 0 Å². The third-order valence-corrected chi connectivity index (χ3v) is 6.28. The molecule has 5 nitrogen and oxygen atoms in total. The number of anilines is 2. The monoisotopic (exact) mass is 450 g/mol. The molecule has 0 saturated carbocycles. The molecule has 4 aromatic rings. The Bertz CT molecular complexity index is 1360. The summed E-state index contributed by atoms with van der Waals surface area (Å²) < 4.78 is 5.98. The number of benzene rings is 4. The van der Waals surface area contributed by atoms with Crippen LogP contribution >= 0.6 is 0 Å². The summed E-state index contributed by atoms with van der Waals surface area (Å²) >= 11 is 0. The van der Waals surface area contributed by atoms with Crippen molar-refractivity contribution in [3.8, 4) is 11.5 Å². The summed E-state index contributed by atoms with van der Waals surface area (Å²) in [6.45, 7) is 4.37. The molecule has 0 unspecified atom stereocenters. The van der Waals surface area contributed by atoms with Crippen LogP contribution in [0, 0.1) is 19.8 Å². The lowest BCUT2D eigenvalue weighted by Crippen LogP contribution is -2.29. The van der Waals surface area contributed by atoms with Gasteiger partial charge in [-0.15, -0.1) is 0 Å². The predicted molar refractivity (Wildman–Crippen MR) is 135 cm³/mol. The molecule has 0 spiro atoms. The van der Waals surface area contributed by atoms with Crippen LogP contribution in [0.15, 0.2) is 84.9 Å². The molecule has 2 amide bonds.